The molecule has 1 aromatic heterocycles. The van der Waals surface area contributed by atoms with Gasteiger partial charge in [-0.3, -0.25) is 24.1 Å². The number of nitrogens with zero attached hydrogens (tertiary/aromatic N) is 2. The van der Waals surface area contributed by atoms with Crippen molar-refractivity contribution in [2.45, 2.75) is 13.0 Å². The predicted octanol–water partition coefficient (Wildman–Crippen LogP) is 2.17. The molecule has 13 heteroatoms. The molecule has 0 radical (unpaired) electrons. The summed E-state index contributed by atoms with van der Waals surface area (Å²) in [4.78, 5) is 51.2. The number of halogens is 2. The Kier molecular flexibility index (Phi) is 8.27. The summed E-state index contributed by atoms with van der Waals surface area (Å²) in [5, 5.41) is 2.38. The van der Waals surface area contributed by atoms with E-state index in [-0.39, 0.29) is 34.1 Å². The fraction of sp³-hybridized carbons (Fsp3) is 0.174. The topological polar surface area (TPSA) is 158 Å². The summed E-state index contributed by atoms with van der Waals surface area (Å²) >= 11 is 0.565. The van der Waals surface area contributed by atoms with Crippen LogP contribution in [0.3, 0.4) is 0 Å². The number of carbonyl (C=O) groups is 4. The number of hydrogen-bond donors (Lipinski definition) is 3. The van der Waals surface area contributed by atoms with Crippen LogP contribution in [-0.4, -0.2) is 41.2 Å². The number of anilines is 2. The quantitative estimate of drug-likeness (QED) is 0.367. The van der Waals surface area contributed by atoms with Gasteiger partial charge in [-0.1, -0.05) is 18.2 Å². The Morgan fingerprint density at radius 1 is 1.11 bits per heavy atom. The molecule has 3 aromatic rings. The van der Waals surface area contributed by atoms with Crippen LogP contribution >= 0.6 is 11.5 Å². The van der Waals surface area contributed by atoms with Crippen molar-refractivity contribution in [1.29, 1.82) is 0 Å². The van der Waals surface area contributed by atoms with Gasteiger partial charge in [0.05, 0.1) is 12.3 Å². The van der Waals surface area contributed by atoms with Crippen molar-refractivity contribution in [2.75, 3.05) is 23.8 Å². The average molecular weight is 518 g/mol. The van der Waals surface area contributed by atoms with Crippen LogP contribution in [0.15, 0.2) is 48.5 Å². The van der Waals surface area contributed by atoms with Gasteiger partial charge in [0.25, 0.3) is 11.8 Å². The molecule has 0 fully saturated rings. The van der Waals surface area contributed by atoms with Gasteiger partial charge in [-0.25, -0.2) is 8.78 Å². The molecule has 36 heavy (non-hydrogen) atoms. The second-order valence-corrected chi connectivity index (χ2v) is 8.04. The molecule has 188 valence electrons. The van der Waals surface area contributed by atoms with Gasteiger partial charge in [-0.2, -0.15) is 4.37 Å². The van der Waals surface area contributed by atoms with Crippen molar-refractivity contribution < 1.29 is 32.7 Å². The monoisotopic (exact) mass is 517 g/mol. The summed E-state index contributed by atoms with van der Waals surface area (Å²) in [5.74, 6) is -4.79. The Labute approximate surface area is 208 Å². The van der Waals surface area contributed by atoms with E-state index < -0.39 is 47.9 Å². The molecule has 0 saturated carbocycles. The summed E-state index contributed by atoms with van der Waals surface area (Å²) < 4.78 is 36.5. The molecule has 0 saturated heterocycles. The lowest BCUT2D eigenvalue weighted by molar-refractivity contribution is -0.143. The van der Waals surface area contributed by atoms with Crippen LogP contribution < -0.4 is 21.7 Å². The van der Waals surface area contributed by atoms with Crippen LogP contribution in [0, 0.1) is 11.6 Å². The minimum atomic E-state index is -1.52. The summed E-state index contributed by atoms with van der Waals surface area (Å²) in [6.45, 7) is 1.14. The number of rotatable bonds is 9. The lowest BCUT2D eigenvalue weighted by Crippen LogP contribution is -2.45. The molecule has 0 spiro atoms. The molecule has 1 atom stereocenters. The molecule has 0 aliphatic heterocycles. The number of carbonyl (C=O) groups excluding carboxylic acids is 4. The van der Waals surface area contributed by atoms with Gasteiger partial charge in [0.2, 0.25) is 5.91 Å². The molecule has 3 amide bonds. The van der Waals surface area contributed by atoms with Crippen molar-refractivity contribution >= 4 is 46.6 Å². The first kappa shape index (κ1) is 26.2. The minimum Gasteiger partial charge on any atom is -0.465 e. The van der Waals surface area contributed by atoms with Crippen molar-refractivity contribution in [2.24, 2.45) is 5.73 Å². The molecule has 1 heterocycles. The third-order valence-electron chi connectivity index (χ3n) is 4.87. The smallest absolute Gasteiger partial charge is 0.325 e. The lowest BCUT2D eigenvalue weighted by atomic mass is 10.0. The molecule has 0 aliphatic carbocycles. The number of nitrogens with one attached hydrogen (secondary N) is 1. The number of nitrogens with two attached hydrogens (primary N) is 2. The number of primary amides is 1. The molecular formula is C23H21F2N5O5S. The molecule has 3 rings (SSSR count). The van der Waals surface area contributed by atoms with Crippen molar-refractivity contribution in [3.8, 4) is 0 Å². The van der Waals surface area contributed by atoms with Crippen LogP contribution in [0.25, 0.3) is 0 Å². The second kappa shape index (κ2) is 11.4. The van der Waals surface area contributed by atoms with Gasteiger partial charge in [0.1, 0.15) is 29.1 Å². The standard InChI is InChI=1S/C23H21F2N5O5S/c1-2-35-16(31)11-28-22(33)19(12-6-8-13(24)9-7-12)30(15-5-3-4-14(25)10-15)23(34)20-17(26)18(21(27)32)29-36-20/h3-10,19H,2,11,26H2,1H3,(H2,27,32)(H,28,33)/t19-/m0/s1. The zero-order valence-corrected chi connectivity index (χ0v) is 19.7. The third-order valence-corrected chi connectivity index (χ3v) is 5.72. The molecular weight excluding hydrogens is 496 g/mol. The lowest BCUT2D eigenvalue weighted by Gasteiger charge is -2.31. The molecule has 10 nitrogen and oxygen atoms in total. The number of aromatic nitrogens is 1. The summed E-state index contributed by atoms with van der Waals surface area (Å²) in [5.41, 5.74) is 10.6. The summed E-state index contributed by atoms with van der Waals surface area (Å²) in [6, 6.07) is 7.95. The van der Waals surface area contributed by atoms with Crippen molar-refractivity contribution in [1.82, 2.24) is 9.69 Å². The summed E-state index contributed by atoms with van der Waals surface area (Å²) in [7, 11) is 0. The van der Waals surface area contributed by atoms with E-state index in [1.54, 1.807) is 6.92 Å². The number of amides is 3. The highest BCUT2D eigenvalue weighted by molar-refractivity contribution is 7.09. The molecule has 5 N–H and O–H groups in total. The Morgan fingerprint density at radius 3 is 2.39 bits per heavy atom. The van der Waals surface area contributed by atoms with Crippen molar-refractivity contribution in [3.05, 3.63) is 76.3 Å². The maximum atomic E-state index is 14.2. The molecule has 2 aromatic carbocycles. The van der Waals surface area contributed by atoms with Crippen LogP contribution in [0.1, 0.15) is 38.7 Å². The number of ether oxygens (including phenoxy) is 1. The number of esters is 1. The van der Waals surface area contributed by atoms with E-state index in [0.29, 0.717) is 11.5 Å². The maximum absolute atomic E-state index is 14.2. The fourth-order valence-corrected chi connectivity index (χ4v) is 4.02. The molecule has 0 unspecified atom stereocenters. The van der Waals surface area contributed by atoms with E-state index in [1.807, 2.05) is 0 Å². The molecule has 0 aliphatic rings. The van der Waals surface area contributed by atoms with Crippen LogP contribution in [0.4, 0.5) is 20.2 Å². The zero-order valence-electron chi connectivity index (χ0n) is 18.9. The third kappa shape index (κ3) is 5.81. The zero-order chi connectivity index (χ0) is 26.4. The normalized spacial score (nSPS) is 11.4. The first-order valence-electron chi connectivity index (χ1n) is 10.5. The van der Waals surface area contributed by atoms with E-state index in [9.17, 15) is 28.0 Å². The van der Waals surface area contributed by atoms with Gasteiger partial charge in [-0.05, 0) is 54.4 Å². The first-order chi connectivity index (χ1) is 17.1. The summed E-state index contributed by atoms with van der Waals surface area (Å²) in [6.07, 6.45) is 0. The van der Waals surface area contributed by atoms with E-state index in [4.69, 9.17) is 16.2 Å². The predicted molar refractivity (Wildman–Crippen MR) is 127 cm³/mol. The minimum absolute atomic E-state index is 0.0611. The Morgan fingerprint density at radius 2 is 1.81 bits per heavy atom. The second-order valence-electron chi connectivity index (χ2n) is 7.27. The van der Waals surface area contributed by atoms with E-state index in [0.717, 1.165) is 29.2 Å². The largest absolute Gasteiger partial charge is 0.465 e. The fourth-order valence-electron chi connectivity index (χ4n) is 3.28. The van der Waals surface area contributed by atoms with Gasteiger partial charge in [-0.15, -0.1) is 0 Å². The number of nitrogen functional groups attached to an aromatic ring is 1. The number of benzene rings is 2. The Balaban J connectivity index is 2.15. The van der Waals surface area contributed by atoms with E-state index in [2.05, 4.69) is 9.69 Å². The van der Waals surface area contributed by atoms with E-state index in [1.165, 1.54) is 24.3 Å². The van der Waals surface area contributed by atoms with Gasteiger partial charge >= 0.3 is 5.97 Å². The van der Waals surface area contributed by atoms with Gasteiger partial charge in [0.15, 0.2) is 5.69 Å². The van der Waals surface area contributed by atoms with Crippen LogP contribution in [0.2, 0.25) is 0 Å². The van der Waals surface area contributed by atoms with Gasteiger partial charge in [0, 0.05) is 5.69 Å². The van der Waals surface area contributed by atoms with Gasteiger partial charge < -0.3 is 21.5 Å². The SMILES string of the molecule is CCOC(=O)CNC(=O)[C@H](c1ccc(F)cc1)N(C(=O)c1snc(C(N)=O)c1N)c1cccc(F)c1. The van der Waals surface area contributed by atoms with Crippen LogP contribution in [0.5, 0.6) is 0 Å². The van der Waals surface area contributed by atoms with E-state index >= 15 is 0 Å². The highest BCUT2D eigenvalue weighted by Crippen LogP contribution is 2.33. The molecule has 0 bridgehead atoms. The number of hydrogen-bond acceptors (Lipinski definition) is 8. The Hall–Kier alpha value is -4.39. The Bertz CT molecular complexity index is 1300. The van der Waals surface area contributed by atoms with Crippen molar-refractivity contribution in [3.63, 3.8) is 0 Å². The highest BCUT2D eigenvalue weighted by Gasteiger charge is 2.36. The average Bonchev–Trinajstić information content (AvgIpc) is 3.23. The first-order valence-corrected chi connectivity index (χ1v) is 11.2. The highest BCUT2D eigenvalue weighted by atomic mass is 32.1. The maximum Gasteiger partial charge on any atom is 0.325 e. The van der Waals surface area contributed by atoms with Crippen LogP contribution in [-0.2, 0) is 14.3 Å².